The Balaban J connectivity index is 2.42. The number of fused-ring (bicyclic) bond motifs is 1. The molecule has 0 saturated heterocycles. The summed E-state index contributed by atoms with van der Waals surface area (Å²) in [6, 6.07) is 8.86. The minimum Gasteiger partial charge on any atom is -0.306 e. The predicted molar refractivity (Wildman–Crippen MR) is 89.7 cm³/mol. The van der Waals surface area contributed by atoms with E-state index in [-0.39, 0.29) is 11.5 Å². The normalized spacial score (nSPS) is 11.3. The minimum absolute atomic E-state index is 0.175. The van der Waals surface area contributed by atoms with Gasteiger partial charge in [-0.2, -0.15) is 0 Å². The highest BCUT2D eigenvalue weighted by Gasteiger charge is 2.14. The molecule has 0 saturated carbocycles. The van der Waals surface area contributed by atoms with Crippen molar-refractivity contribution >= 4 is 26.8 Å². The van der Waals surface area contributed by atoms with Gasteiger partial charge in [0.1, 0.15) is 5.82 Å². The number of aromatic amines is 1. The predicted octanol–water partition coefficient (Wildman–Crippen LogP) is 2.96. The molecule has 112 valence electrons. The number of rotatable bonds is 2. The Kier molecular flexibility index (Phi) is 3.70. The highest BCUT2D eigenvalue weighted by Crippen LogP contribution is 2.21. The first-order valence-electron chi connectivity index (χ1n) is 6.89. The van der Waals surface area contributed by atoms with E-state index in [1.165, 1.54) is 0 Å². The maximum Gasteiger partial charge on any atom is 0.334 e. The van der Waals surface area contributed by atoms with Crippen molar-refractivity contribution in [2.75, 3.05) is 0 Å². The van der Waals surface area contributed by atoms with Crippen molar-refractivity contribution in [3.63, 3.8) is 0 Å². The van der Waals surface area contributed by atoms with Gasteiger partial charge in [-0.15, -0.1) is 0 Å². The summed E-state index contributed by atoms with van der Waals surface area (Å²) in [6.45, 7) is 4.03. The molecule has 3 aromatic rings. The monoisotopic (exact) mass is 359 g/mol. The van der Waals surface area contributed by atoms with Gasteiger partial charge in [-0.25, -0.2) is 14.3 Å². The Bertz CT molecular complexity index is 956. The molecule has 0 spiro atoms. The average Bonchev–Trinajstić information content (AvgIpc) is 2.48. The summed E-state index contributed by atoms with van der Waals surface area (Å²) >= 11 is 3.29. The van der Waals surface area contributed by atoms with Gasteiger partial charge >= 0.3 is 5.69 Å². The van der Waals surface area contributed by atoms with Gasteiger partial charge < -0.3 is 4.98 Å². The fraction of sp³-hybridized carbons (Fsp3) is 0.188. The van der Waals surface area contributed by atoms with Crippen molar-refractivity contribution < 1.29 is 0 Å². The molecule has 5 nitrogen and oxygen atoms in total. The van der Waals surface area contributed by atoms with E-state index in [0.29, 0.717) is 16.7 Å². The Morgan fingerprint density at radius 2 is 1.95 bits per heavy atom. The number of pyridine rings is 1. The van der Waals surface area contributed by atoms with Crippen molar-refractivity contribution in [3.05, 3.63) is 67.4 Å². The number of H-pyrrole nitrogens is 1. The summed E-state index contributed by atoms with van der Waals surface area (Å²) in [5.41, 5.74) is 0.616. The molecule has 0 aliphatic carbocycles. The van der Waals surface area contributed by atoms with E-state index in [9.17, 15) is 9.59 Å². The van der Waals surface area contributed by atoms with E-state index in [1.54, 1.807) is 24.4 Å². The molecule has 0 fully saturated rings. The lowest BCUT2D eigenvalue weighted by Crippen LogP contribution is -2.34. The van der Waals surface area contributed by atoms with Gasteiger partial charge in [0.2, 0.25) is 0 Å². The zero-order chi connectivity index (χ0) is 15.9. The second-order valence-electron chi connectivity index (χ2n) is 5.33. The van der Waals surface area contributed by atoms with Crippen molar-refractivity contribution in [2.24, 2.45) is 0 Å². The molecule has 0 aliphatic heterocycles. The smallest absolute Gasteiger partial charge is 0.306 e. The number of benzene rings is 1. The van der Waals surface area contributed by atoms with Gasteiger partial charge in [0, 0.05) is 10.7 Å². The molecular weight excluding hydrogens is 346 g/mol. The lowest BCUT2D eigenvalue weighted by molar-refractivity contribution is 0.846. The Labute approximate surface area is 134 Å². The van der Waals surface area contributed by atoms with Crippen LogP contribution in [0.15, 0.2) is 50.6 Å². The second-order valence-corrected chi connectivity index (χ2v) is 6.25. The first-order valence-corrected chi connectivity index (χ1v) is 7.68. The lowest BCUT2D eigenvalue weighted by atomic mass is 9.99. The SMILES string of the molecule is CC(C)c1cccc2[nH]c(=O)n(-c3ccc(Br)cn3)c(=O)c12. The number of aromatic nitrogens is 3. The van der Waals surface area contributed by atoms with Crippen molar-refractivity contribution in [2.45, 2.75) is 19.8 Å². The minimum atomic E-state index is -0.492. The third kappa shape index (κ3) is 2.39. The van der Waals surface area contributed by atoms with Crippen LogP contribution in [0.2, 0.25) is 0 Å². The molecule has 0 bridgehead atoms. The van der Waals surface area contributed by atoms with Crippen LogP contribution < -0.4 is 11.2 Å². The summed E-state index contributed by atoms with van der Waals surface area (Å²) in [5, 5.41) is 0.529. The summed E-state index contributed by atoms with van der Waals surface area (Å²) in [4.78, 5) is 32.0. The maximum atomic E-state index is 12.9. The van der Waals surface area contributed by atoms with E-state index in [1.807, 2.05) is 26.0 Å². The molecule has 1 aromatic carbocycles. The summed E-state index contributed by atoms with van der Waals surface area (Å²) in [7, 11) is 0. The zero-order valence-electron chi connectivity index (χ0n) is 12.1. The number of nitrogens with one attached hydrogen (secondary N) is 1. The number of hydrogen-bond acceptors (Lipinski definition) is 3. The number of halogens is 1. The van der Waals surface area contributed by atoms with Gasteiger partial charge in [-0.1, -0.05) is 26.0 Å². The molecule has 2 heterocycles. The molecule has 3 rings (SSSR count). The first-order chi connectivity index (χ1) is 10.5. The van der Waals surface area contributed by atoms with Crippen molar-refractivity contribution in [1.82, 2.24) is 14.5 Å². The summed E-state index contributed by atoms with van der Waals surface area (Å²) in [6.07, 6.45) is 1.56. The van der Waals surface area contributed by atoms with Crippen LogP contribution in [0, 0.1) is 0 Å². The van der Waals surface area contributed by atoms with Crippen LogP contribution in [0.1, 0.15) is 25.3 Å². The standard InChI is InChI=1S/C16H14BrN3O2/c1-9(2)11-4-3-5-12-14(11)15(21)20(16(22)19-12)13-7-6-10(17)8-18-13/h3-9H,1-2H3,(H,19,22). The molecule has 0 aliphatic rings. The zero-order valence-corrected chi connectivity index (χ0v) is 13.7. The Hall–Kier alpha value is -2.21. The van der Waals surface area contributed by atoms with Crippen molar-refractivity contribution in [1.29, 1.82) is 0 Å². The van der Waals surface area contributed by atoms with Crippen LogP contribution in [-0.4, -0.2) is 14.5 Å². The molecule has 22 heavy (non-hydrogen) atoms. The van der Waals surface area contributed by atoms with Gasteiger partial charge in [-0.05, 0) is 45.6 Å². The molecule has 0 unspecified atom stereocenters. The van der Waals surface area contributed by atoms with Gasteiger partial charge in [0.15, 0.2) is 0 Å². The Morgan fingerprint density at radius 3 is 2.59 bits per heavy atom. The molecular formula is C16H14BrN3O2. The average molecular weight is 360 g/mol. The Morgan fingerprint density at radius 1 is 1.18 bits per heavy atom. The fourth-order valence-electron chi connectivity index (χ4n) is 2.48. The fourth-order valence-corrected chi connectivity index (χ4v) is 2.71. The van der Waals surface area contributed by atoms with Crippen LogP contribution >= 0.6 is 15.9 Å². The second kappa shape index (κ2) is 5.53. The van der Waals surface area contributed by atoms with Crippen LogP contribution in [0.4, 0.5) is 0 Å². The quantitative estimate of drug-likeness (QED) is 0.764. The van der Waals surface area contributed by atoms with Crippen LogP contribution in [-0.2, 0) is 0 Å². The number of hydrogen-bond donors (Lipinski definition) is 1. The molecule has 0 atom stereocenters. The molecule has 2 aromatic heterocycles. The third-order valence-electron chi connectivity index (χ3n) is 3.52. The topological polar surface area (TPSA) is 67.8 Å². The first kappa shape index (κ1) is 14.7. The largest absolute Gasteiger partial charge is 0.334 e. The van der Waals surface area contributed by atoms with Gasteiger partial charge in [-0.3, -0.25) is 4.79 Å². The summed E-state index contributed by atoms with van der Waals surface area (Å²) in [5.74, 6) is 0.475. The highest BCUT2D eigenvalue weighted by atomic mass is 79.9. The number of nitrogens with zero attached hydrogens (tertiary/aromatic N) is 2. The van der Waals surface area contributed by atoms with Crippen LogP contribution in [0.3, 0.4) is 0 Å². The molecule has 1 N–H and O–H groups in total. The highest BCUT2D eigenvalue weighted by molar-refractivity contribution is 9.10. The molecule has 0 amide bonds. The van der Waals surface area contributed by atoms with Crippen LogP contribution in [0.5, 0.6) is 0 Å². The third-order valence-corrected chi connectivity index (χ3v) is 3.99. The summed E-state index contributed by atoms with van der Waals surface area (Å²) < 4.78 is 1.85. The van der Waals surface area contributed by atoms with Crippen molar-refractivity contribution in [3.8, 4) is 5.82 Å². The van der Waals surface area contributed by atoms with E-state index in [4.69, 9.17) is 0 Å². The van der Waals surface area contributed by atoms with E-state index < -0.39 is 5.69 Å². The lowest BCUT2D eigenvalue weighted by Gasteiger charge is -2.11. The van der Waals surface area contributed by atoms with Gasteiger partial charge in [0.05, 0.1) is 10.9 Å². The maximum absolute atomic E-state index is 12.9. The van der Waals surface area contributed by atoms with E-state index in [2.05, 4.69) is 25.9 Å². The van der Waals surface area contributed by atoms with E-state index >= 15 is 0 Å². The van der Waals surface area contributed by atoms with Gasteiger partial charge in [0.25, 0.3) is 5.56 Å². The molecule has 6 heteroatoms. The van der Waals surface area contributed by atoms with Crippen LogP contribution in [0.25, 0.3) is 16.7 Å². The molecule has 0 radical (unpaired) electrons. The van der Waals surface area contributed by atoms with E-state index in [0.717, 1.165) is 14.6 Å².